The van der Waals surface area contributed by atoms with Gasteiger partial charge in [-0.3, -0.25) is 4.90 Å². The molecule has 0 spiro atoms. The van der Waals surface area contributed by atoms with Crippen LogP contribution in [0.3, 0.4) is 0 Å². The zero-order chi connectivity index (χ0) is 17.5. The van der Waals surface area contributed by atoms with Gasteiger partial charge in [-0.15, -0.1) is 0 Å². The zero-order valence-electron chi connectivity index (χ0n) is 15.4. The molecule has 0 radical (unpaired) electrons. The number of nitrogens with two attached hydrogens (primary N) is 1. The highest BCUT2D eigenvalue weighted by atomic mass is 16.5. The summed E-state index contributed by atoms with van der Waals surface area (Å²) in [4.78, 5) is 7.03. The first-order valence-corrected chi connectivity index (χ1v) is 9.78. The third kappa shape index (κ3) is 5.11. The lowest BCUT2D eigenvalue weighted by molar-refractivity contribution is 0.208. The number of para-hydroxylation sites is 1. The fraction of sp³-hybridized carbons (Fsp3) is 0.650. The van der Waals surface area contributed by atoms with Crippen molar-refractivity contribution < 1.29 is 4.74 Å². The molecule has 2 fully saturated rings. The molecule has 5 heteroatoms. The number of likely N-dealkylation sites (tertiary alicyclic amines) is 1. The summed E-state index contributed by atoms with van der Waals surface area (Å²) in [6, 6.07) is 8.77. The van der Waals surface area contributed by atoms with Crippen LogP contribution in [0.2, 0.25) is 0 Å². The molecule has 3 rings (SSSR count). The molecule has 1 aromatic rings. The Balaban J connectivity index is 1.52. The van der Waals surface area contributed by atoms with Crippen molar-refractivity contribution in [3.8, 4) is 5.75 Å². The SMILES string of the molecule is CCN1CCCC1CNC(N)=NCc1ccccc1OC1CCCC1. The average Bonchev–Trinajstić information content (AvgIpc) is 3.30. The predicted octanol–water partition coefficient (Wildman–Crippen LogP) is 2.90. The minimum absolute atomic E-state index is 0.364. The Morgan fingerprint density at radius 2 is 2.04 bits per heavy atom. The Morgan fingerprint density at radius 1 is 1.24 bits per heavy atom. The quantitative estimate of drug-likeness (QED) is 0.590. The lowest BCUT2D eigenvalue weighted by atomic mass is 10.2. The van der Waals surface area contributed by atoms with E-state index in [1.807, 2.05) is 18.2 Å². The van der Waals surface area contributed by atoms with Crippen LogP contribution in [0.4, 0.5) is 0 Å². The van der Waals surface area contributed by atoms with E-state index in [9.17, 15) is 0 Å². The first-order valence-electron chi connectivity index (χ1n) is 9.78. The Bertz CT molecular complexity index is 569. The molecule has 1 unspecified atom stereocenters. The number of hydrogen-bond donors (Lipinski definition) is 2. The molecule has 1 aliphatic carbocycles. The largest absolute Gasteiger partial charge is 0.490 e. The van der Waals surface area contributed by atoms with Crippen LogP contribution in [0, 0.1) is 0 Å². The maximum absolute atomic E-state index is 6.17. The molecule has 1 heterocycles. The molecule has 0 aromatic heterocycles. The number of nitrogens with zero attached hydrogens (tertiary/aromatic N) is 2. The average molecular weight is 345 g/mol. The highest BCUT2D eigenvalue weighted by Crippen LogP contribution is 2.27. The highest BCUT2D eigenvalue weighted by Gasteiger charge is 2.22. The van der Waals surface area contributed by atoms with Gasteiger partial charge in [-0.05, 0) is 57.7 Å². The van der Waals surface area contributed by atoms with Gasteiger partial charge in [0, 0.05) is 18.2 Å². The zero-order valence-corrected chi connectivity index (χ0v) is 15.4. The first-order chi connectivity index (χ1) is 12.3. The van der Waals surface area contributed by atoms with E-state index in [2.05, 4.69) is 28.2 Å². The molecular weight excluding hydrogens is 312 g/mol. The Hall–Kier alpha value is -1.75. The Labute approximate surface area is 151 Å². The fourth-order valence-corrected chi connectivity index (χ4v) is 3.93. The van der Waals surface area contributed by atoms with E-state index < -0.39 is 0 Å². The van der Waals surface area contributed by atoms with Gasteiger partial charge in [-0.1, -0.05) is 25.1 Å². The van der Waals surface area contributed by atoms with Crippen molar-refractivity contribution in [1.29, 1.82) is 0 Å². The first kappa shape index (κ1) is 18.1. The van der Waals surface area contributed by atoms with Gasteiger partial charge < -0.3 is 15.8 Å². The molecule has 1 aromatic carbocycles. The lowest BCUT2D eigenvalue weighted by Crippen LogP contribution is -2.42. The second-order valence-corrected chi connectivity index (χ2v) is 7.14. The molecule has 3 N–H and O–H groups in total. The summed E-state index contributed by atoms with van der Waals surface area (Å²) < 4.78 is 6.17. The number of likely N-dealkylation sites (N-methyl/N-ethyl adjacent to an activating group) is 1. The van der Waals surface area contributed by atoms with E-state index in [4.69, 9.17) is 10.5 Å². The van der Waals surface area contributed by atoms with E-state index in [1.165, 1.54) is 32.2 Å². The maximum atomic E-state index is 6.17. The van der Waals surface area contributed by atoms with Crippen molar-refractivity contribution in [2.45, 2.75) is 64.1 Å². The van der Waals surface area contributed by atoms with Crippen LogP contribution in [-0.4, -0.2) is 42.6 Å². The van der Waals surface area contributed by atoms with Crippen LogP contribution < -0.4 is 15.8 Å². The molecule has 0 bridgehead atoms. The van der Waals surface area contributed by atoms with Gasteiger partial charge in [0.15, 0.2) is 5.96 Å². The monoisotopic (exact) mass is 344 g/mol. The van der Waals surface area contributed by atoms with E-state index >= 15 is 0 Å². The molecular formula is C20H32N4O. The molecule has 138 valence electrons. The van der Waals surface area contributed by atoms with Crippen molar-refractivity contribution in [3.63, 3.8) is 0 Å². The molecule has 1 saturated carbocycles. The number of ether oxygens (including phenoxy) is 1. The normalized spacial score (nSPS) is 22.4. The minimum Gasteiger partial charge on any atom is -0.490 e. The molecule has 25 heavy (non-hydrogen) atoms. The number of aliphatic imine (C=N–C) groups is 1. The van der Waals surface area contributed by atoms with Crippen LogP contribution in [0.25, 0.3) is 0 Å². The third-order valence-corrected chi connectivity index (χ3v) is 5.41. The van der Waals surface area contributed by atoms with Gasteiger partial charge >= 0.3 is 0 Å². The van der Waals surface area contributed by atoms with Crippen molar-refractivity contribution in [2.75, 3.05) is 19.6 Å². The topological polar surface area (TPSA) is 62.9 Å². The summed E-state index contributed by atoms with van der Waals surface area (Å²) in [5.74, 6) is 1.48. The number of benzene rings is 1. The summed E-state index contributed by atoms with van der Waals surface area (Å²) in [6.45, 7) is 5.96. The van der Waals surface area contributed by atoms with E-state index in [0.717, 1.165) is 37.2 Å². The van der Waals surface area contributed by atoms with Crippen LogP contribution >= 0.6 is 0 Å². The van der Waals surface area contributed by atoms with Gasteiger partial charge in [-0.25, -0.2) is 4.99 Å². The van der Waals surface area contributed by atoms with E-state index in [-0.39, 0.29) is 0 Å². The van der Waals surface area contributed by atoms with Gasteiger partial charge in [0.2, 0.25) is 0 Å². The molecule has 1 aliphatic heterocycles. The lowest BCUT2D eigenvalue weighted by Gasteiger charge is -2.23. The smallest absolute Gasteiger partial charge is 0.188 e. The van der Waals surface area contributed by atoms with Crippen molar-refractivity contribution in [2.24, 2.45) is 10.7 Å². The van der Waals surface area contributed by atoms with Crippen molar-refractivity contribution >= 4 is 5.96 Å². The number of rotatable bonds is 7. The molecule has 2 aliphatic rings. The maximum Gasteiger partial charge on any atom is 0.188 e. The van der Waals surface area contributed by atoms with Crippen molar-refractivity contribution in [3.05, 3.63) is 29.8 Å². The standard InChI is InChI=1S/C20H32N4O/c1-2-24-13-7-9-17(24)15-23-20(21)22-14-16-8-3-6-12-19(16)25-18-10-4-5-11-18/h3,6,8,12,17-18H,2,4-5,7,9-11,13-15H2,1H3,(H3,21,22,23). The molecule has 0 amide bonds. The summed E-state index contributed by atoms with van der Waals surface area (Å²) in [7, 11) is 0. The summed E-state index contributed by atoms with van der Waals surface area (Å²) in [5, 5.41) is 3.30. The van der Waals surface area contributed by atoms with E-state index in [1.54, 1.807) is 0 Å². The van der Waals surface area contributed by atoms with Gasteiger partial charge in [0.25, 0.3) is 0 Å². The fourth-order valence-electron chi connectivity index (χ4n) is 3.93. The number of guanidine groups is 1. The molecule has 1 saturated heterocycles. The summed E-state index contributed by atoms with van der Waals surface area (Å²) in [5.41, 5.74) is 7.19. The van der Waals surface area contributed by atoms with Crippen LogP contribution in [0.1, 0.15) is 51.0 Å². The van der Waals surface area contributed by atoms with E-state index in [0.29, 0.717) is 24.7 Å². The van der Waals surface area contributed by atoms with Crippen molar-refractivity contribution in [1.82, 2.24) is 10.2 Å². The third-order valence-electron chi connectivity index (χ3n) is 5.41. The Kier molecular flexibility index (Phi) is 6.56. The second kappa shape index (κ2) is 9.09. The minimum atomic E-state index is 0.364. The van der Waals surface area contributed by atoms with Gasteiger partial charge in [-0.2, -0.15) is 0 Å². The highest BCUT2D eigenvalue weighted by molar-refractivity contribution is 5.77. The molecule has 1 atom stereocenters. The van der Waals surface area contributed by atoms with Crippen LogP contribution in [0.5, 0.6) is 5.75 Å². The Morgan fingerprint density at radius 3 is 2.84 bits per heavy atom. The molecule has 5 nitrogen and oxygen atoms in total. The second-order valence-electron chi connectivity index (χ2n) is 7.14. The summed E-state index contributed by atoms with van der Waals surface area (Å²) >= 11 is 0. The van der Waals surface area contributed by atoms with Crippen LogP contribution in [0.15, 0.2) is 29.3 Å². The predicted molar refractivity (Wildman–Crippen MR) is 103 cm³/mol. The van der Waals surface area contributed by atoms with Crippen LogP contribution in [-0.2, 0) is 6.54 Å². The number of nitrogens with one attached hydrogen (secondary N) is 1. The van der Waals surface area contributed by atoms with Gasteiger partial charge in [0.05, 0.1) is 12.6 Å². The van der Waals surface area contributed by atoms with Gasteiger partial charge in [0.1, 0.15) is 5.75 Å². The number of hydrogen-bond acceptors (Lipinski definition) is 3. The summed E-state index contributed by atoms with van der Waals surface area (Å²) in [6.07, 6.45) is 7.76.